The molecular weight excluding hydrogens is 224 g/mol. The minimum absolute atomic E-state index is 0.390. The summed E-state index contributed by atoms with van der Waals surface area (Å²) >= 11 is 0. The second-order valence-corrected chi connectivity index (χ2v) is 6.50. The Morgan fingerprint density at radius 3 is 2.39 bits per heavy atom. The third-order valence-corrected chi connectivity index (χ3v) is 5.22. The first-order valence-corrected chi connectivity index (χ1v) is 7.76. The molecule has 0 aromatic heterocycles. The standard InChI is InChI=1S/C15H26N2O/c1-17(10-11-6-4-5-9-16-11)15(18)14-12-7-2-3-8-13(12)14/h11-14,16H,2-10H2,1H3. The van der Waals surface area contributed by atoms with Crippen molar-refractivity contribution >= 4 is 5.91 Å². The third kappa shape index (κ3) is 2.42. The van der Waals surface area contributed by atoms with E-state index in [4.69, 9.17) is 0 Å². The van der Waals surface area contributed by atoms with E-state index in [-0.39, 0.29) is 0 Å². The maximum atomic E-state index is 12.4. The van der Waals surface area contributed by atoms with Gasteiger partial charge < -0.3 is 10.2 Å². The van der Waals surface area contributed by atoms with Crippen LogP contribution in [0.25, 0.3) is 0 Å². The SMILES string of the molecule is CN(CC1CCCCN1)C(=O)C1C2CCCCC21. The number of piperidine rings is 1. The number of hydrogen-bond donors (Lipinski definition) is 1. The van der Waals surface area contributed by atoms with Crippen molar-refractivity contribution < 1.29 is 4.79 Å². The summed E-state index contributed by atoms with van der Waals surface area (Å²) in [5, 5.41) is 3.53. The quantitative estimate of drug-likeness (QED) is 0.831. The average molecular weight is 250 g/mol. The first-order chi connectivity index (χ1) is 8.77. The first-order valence-electron chi connectivity index (χ1n) is 7.76. The number of hydrogen-bond acceptors (Lipinski definition) is 2. The van der Waals surface area contributed by atoms with Gasteiger partial charge in [-0.15, -0.1) is 0 Å². The van der Waals surface area contributed by atoms with E-state index in [1.165, 1.54) is 44.9 Å². The molecule has 1 heterocycles. The smallest absolute Gasteiger partial charge is 0.226 e. The molecule has 3 heteroatoms. The molecule has 3 atom stereocenters. The van der Waals surface area contributed by atoms with Crippen LogP contribution in [-0.4, -0.2) is 37.0 Å². The molecule has 0 aromatic carbocycles. The molecule has 102 valence electrons. The molecule has 1 N–H and O–H groups in total. The second-order valence-electron chi connectivity index (χ2n) is 6.50. The zero-order valence-corrected chi connectivity index (χ0v) is 11.5. The van der Waals surface area contributed by atoms with Gasteiger partial charge in [0.25, 0.3) is 0 Å². The molecule has 1 saturated heterocycles. The van der Waals surface area contributed by atoms with E-state index in [9.17, 15) is 4.79 Å². The van der Waals surface area contributed by atoms with Crippen LogP contribution in [0.3, 0.4) is 0 Å². The lowest BCUT2D eigenvalue weighted by Crippen LogP contribution is -2.44. The van der Waals surface area contributed by atoms with Gasteiger partial charge >= 0.3 is 0 Å². The summed E-state index contributed by atoms with van der Waals surface area (Å²) in [5.41, 5.74) is 0. The van der Waals surface area contributed by atoms with Crippen LogP contribution in [0.15, 0.2) is 0 Å². The van der Waals surface area contributed by atoms with Crippen LogP contribution in [0.5, 0.6) is 0 Å². The van der Waals surface area contributed by atoms with Gasteiger partial charge in [-0.25, -0.2) is 0 Å². The third-order valence-electron chi connectivity index (χ3n) is 5.22. The van der Waals surface area contributed by atoms with Gasteiger partial charge in [0.1, 0.15) is 0 Å². The lowest BCUT2D eigenvalue weighted by Gasteiger charge is -2.28. The van der Waals surface area contributed by atoms with Gasteiger partial charge in [0.15, 0.2) is 0 Å². The minimum Gasteiger partial charge on any atom is -0.344 e. The maximum Gasteiger partial charge on any atom is 0.226 e. The van der Waals surface area contributed by atoms with Crippen molar-refractivity contribution in [3.05, 3.63) is 0 Å². The van der Waals surface area contributed by atoms with Crippen molar-refractivity contribution in [1.29, 1.82) is 0 Å². The zero-order valence-electron chi connectivity index (χ0n) is 11.5. The predicted molar refractivity (Wildman–Crippen MR) is 72.2 cm³/mol. The van der Waals surface area contributed by atoms with E-state index in [2.05, 4.69) is 5.32 Å². The summed E-state index contributed by atoms with van der Waals surface area (Å²) in [6.45, 7) is 2.04. The minimum atomic E-state index is 0.390. The Labute approximate surface area is 110 Å². The van der Waals surface area contributed by atoms with Gasteiger partial charge in [0.05, 0.1) is 0 Å². The number of nitrogens with one attached hydrogen (secondary N) is 1. The number of carbonyl (C=O) groups is 1. The van der Waals surface area contributed by atoms with Crippen LogP contribution < -0.4 is 5.32 Å². The second kappa shape index (κ2) is 5.20. The van der Waals surface area contributed by atoms with Crippen LogP contribution in [0.1, 0.15) is 44.9 Å². The molecule has 3 aliphatic rings. The Bertz CT molecular complexity index is 300. The highest BCUT2D eigenvalue weighted by atomic mass is 16.2. The molecule has 3 rings (SSSR count). The summed E-state index contributed by atoms with van der Waals surface area (Å²) in [5.74, 6) is 2.31. The molecule has 2 saturated carbocycles. The van der Waals surface area contributed by atoms with Crippen molar-refractivity contribution in [3.8, 4) is 0 Å². The van der Waals surface area contributed by atoms with E-state index >= 15 is 0 Å². The highest BCUT2D eigenvalue weighted by molar-refractivity contribution is 5.82. The van der Waals surface area contributed by atoms with Crippen molar-refractivity contribution in [3.63, 3.8) is 0 Å². The normalized spacial score (nSPS) is 38.9. The van der Waals surface area contributed by atoms with Crippen LogP contribution in [0.2, 0.25) is 0 Å². The topological polar surface area (TPSA) is 32.3 Å². The van der Waals surface area contributed by atoms with Gasteiger partial charge in [0, 0.05) is 25.6 Å². The van der Waals surface area contributed by atoms with Gasteiger partial charge in [-0.1, -0.05) is 19.3 Å². The van der Waals surface area contributed by atoms with Crippen LogP contribution in [0.4, 0.5) is 0 Å². The van der Waals surface area contributed by atoms with E-state index in [1.807, 2.05) is 11.9 Å². The van der Waals surface area contributed by atoms with Gasteiger partial charge in [-0.2, -0.15) is 0 Å². The number of fused-ring (bicyclic) bond motifs is 1. The monoisotopic (exact) mass is 250 g/mol. The van der Waals surface area contributed by atoms with Crippen LogP contribution in [-0.2, 0) is 4.79 Å². The molecule has 0 aromatic rings. The molecule has 0 bridgehead atoms. The Kier molecular flexibility index (Phi) is 3.60. The summed E-state index contributed by atoms with van der Waals surface area (Å²) < 4.78 is 0. The van der Waals surface area contributed by atoms with Crippen molar-refractivity contribution in [2.24, 2.45) is 17.8 Å². The Morgan fingerprint density at radius 1 is 1.11 bits per heavy atom. The summed E-state index contributed by atoms with van der Waals surface area (Å²) in [4.78, 5) is 14.4. The Hall–Kier alpha value is -0.570. The predicted octanol–water partition coefficient (Wildman–Crippen LogP) is 2.02. The van der Waals surface area contributed by atoms with Crippen LogP contribution >= 0.6 is 0 Å². The van der Waals surface area contributed by atoms with Gasteiger partial charge in [-0.3, -0.25) is 4.79 Å². The lowest BCUT2D eigenvalue weighted by atomic mass is 10.0. The Balaban J connectivity index is 1.49. The number of amides is 1. The molecule has 3 fully saturated rings. The van der Waals surface area contributed by atoms with Crippen molar-refractivity contribution in [1.82, 2.24) is 10.2 Å². The maximum absolute atomic E-state index is 12.4. The fraction of sp³-hybridized carbons (Fsp3) is 0.933. The van der Waals surface area contributed by atoms with Gasteiger partial charge in [0.2, 0.25) is 5.91 Å². The molecule has 0 radical (unpaired) electrons. The van der Waals surface area contributed by atoms with E-state index in [1.54, 1.807) is 0 Å². The average Bonchev–Trinajstić information content (AvgIpc) is 3.13. The van der Waals surface area contributed by atoms with Crippen molar-refractivity contribution in [2.45, 2.75) is 51.0 Å². The number of likely N-dealkylation sites (N-methyl/N-ethyl adjacent to an activating group) is 1. The fourth-order valence-corrected chi connectivity index (χ4v) is 4.11. The van der Waals surface area contributed by atoms with Crippen molar-refractivity contribution in [2.75, 3.05) is 20.1 Å². The van der Waals surface area contributed by atoms with E-state index in [0.29, 0.717) is 17.9 Å². The number of nitrogens with zero attached hydrogens (tertiary/aromatic N) is 1. The summed E-state index contributed by atoms with van der Waals surface area (Å²) in [7, 11) is 2.00. The van der Waals surface area contributed by atoms with Gasteiger partial charge in [-0.05, 0) is 44.1 Å². The van der Waals surface area contributed by atoms with Crippen LogP contribution in [0, 0.1) is 17.8 Å². The molecule has 3 unspecified atom stereocenters. The molecule has 3 nitrogen and oxygen atoms in total. The molecule has 1 aliphatic heterocycles. The zero-order chi connectivity index (χ0) is 12.5. The molecule has 2 aliphatic carbocycles. The molecular formula is C15H26N2O. The first kappa shape index (κ1) is 12.5. The number of rotatable bonds is 3. The Morgan fingerprint density at radius 2 is 1.78 bits per heavy atom. The highest BCUT2D eigenvalue weighted by Gasteiger charge is 2.55. The number of carbonyl (C=O) groups excluding carboxylic acids is 1. The molecule has 1 amide bonds. The summed E-state index contributed by atoms with van der Waals surface area (Å²) in [6, 6.07) is 0.536. The largest absolute Gasteiger partial charge is 0.344 e. The van der Waals surface area contributed by atoms with E-state index < -0.39 is 0 Å². The molecule has 0 spiro atoms. The highest BCUT2D eigenvalue weighted by Crippen LogP contribution is 2.55. The van der Waals surface area contributed by atoms with E-state index in [0.717, 1.165) is 24.9 Å². The fourth-order valence-electron chi connectivity index (χ4n) is 4.11. The lowest BCUT2D eigenvalue weighted by molar-refractivity contribution is -0.132. The molecule has 18 heavy (non-hydrogen) atoms. The summed E-state index contributed by atoms with van der Waals surface area (Å²) in [6.07, 6.45) is 9.13.